The van der Waals surface area contributed by atoms with Crippen LogP contribution in [0, 0.1) is 6.92 Å². The van der Waals surface area contributed by atoms with Gasteiger partial charge in [-0.05, 0) is 68.8 Å². The fourth-order valence-electron chi connectivity index (χ4n) is 3.24. The third kappa shape index (κ3) is 4.62. The molecule has 0 aliphatic rings. The predicted molar refractivity (Wildman–Crippen MR) is 124 cm³/mol. The molecule has 0 aliphatic carbocycles. The molecule has 4 rings (SSSR count). The molecule has 0 amide bonds. The van der Waals surface area contributed by atoms with Gasteiger partial charge in [-0.15, -0.1) is 5.10 Å². The van der Waals surface area contributed by atoms with Gasteiger partial charge in [0.1, 0.15) is 11.5 Å². The van der Waals surface area contributed by atoms with Gasteiger partial charge in [0, 0.05) is 17.0 Å². The van der Waals surface area contributed by atoms with Crippen molar-refractivity contribution in [1.29, 1.82) is 0 Å². The molecule has 0 bridgehead atoms. The molecular formula is C22H24N4O4S2. The van der Waals surface area contributed by atoms with E-state index in [-0.39, 0.29) is 11.4 Å². The van der Waals surface area contributed by atoms with E-state index in [0.29, 0.717) is 24.6 Å². The van der Waals surface area contributed by atoms with Crippen LogP contribution in [0.15, 0.2) is 53.4 Å². The normalized spacial score (nSPS) is 11.7. The van der Waals surface area contributed by atoms with Crippen molar-refractivity contribution >= 4 is 26.3 Å². The molecule has 2 aromatic heterocycles. The van der Waals surface area contributed by atoms with E-state index < -0.39 is 10.0 Å². The molecular weight excluding hydrogens is 448 g/mol. The highest BCUT2D eigenvalue weighted by Gasteiger charge is 2.17. The molecule has 0 fully saturated rings. The molecule has 10 heteroatoms. The SMILES string of the molecule is CCOc1ccc(S(=O)(=O)NCCc2sc3nc(-c4ccc(OC)cc4)nn3c2C)cc1. The number of methoxy groups -OCH3 is 1. The second kappa shape index (κ2) is 9.27. The summed E-state index contributed by atoms with van der Waals surface area (Å²) in [7, 11) is -1.96. The van der Waals surface area contributed by atoms with Gasteiger partial charge in [-0.25, -0.2) is 17.7 Å². The highest BCUT2D eigenvalue weighted by Crippen LogP contribution is 2.26. The van der Waals surface area contributed by atoms with Crippen LogP contribution in [0.3, 0.4) is 0 Å². The molecule has 0 spiro atoms. The van der Waals surface area contributed by atoms with Crippen LogP contribution in [0.5, 0.6) is 11.5 Å². The van der Waals surface area contributed by atoms with Gasteiger partial charge < -0.3 is 9.47 Å². The molecule has 0 saturated heterocycles. The van der Waals surface area contributed by atoms with E-state index in [1.54, 1.807) is 35.9 Å². The van der Waals surface area contributed by atoms with Gasteiger partial charge in [0.05, 0.1) is 24.3 Å². The molecule has 4 aromatic rings. The zero-order valence-corrected chi connectivity index (χ0v) is 19.7. The number of rotatable bonds is 9. The predicted octanol–water partition coefficient (Wildman–Crippen LogP) is 3.69. The van der Waals surface area contributed by atoms with Crippen molar-refractivity contribution in [3.63, 3.8) is 0 Å². The van der Waals surface area contributed by atoms with Gasteiger partial charge >= 0.3 is 0 Å². The van der Waals surface area contributed by atoms with Crippen molar-refractivity contribution in [2.45, 2.75) is 25.2 Å². The zero-order chi connectivity index (χ0) is 22.7. The van der Waals surface area contributed by atoms with Crippen LogP contribution in [0.25, 0.3) is 16.3 Å². The largest absolute Gasteiger partial charge is 0.497 e. The number of sulfonamides is 1. The second-order valence-corrected chi connectivity index (χ2v) is 9.85. The third-order valence-electron chi connectivity index (χ3n) is 4.95. The van der Waals surface area contributed by atoms with E-state index in [1.165, 1.54) is 11.3 Å². The standard InChI is InChI=1S/C22H24N4O4S2/c1-4-30-18-9-11-19(12-10-18)32(27,28)23-14-13-20-15(2)26-22(31-20)24-21(25-26)16-5-7-17(29-3)8-6-16/h5-12,23H,4,13-14H2,1-3H3. The maximum Gasteiger partial charge on any atom is 0.240 e. The van der Waals surface area contributed by atoms with Crippen molar-refractivity contribution in [3.8, 4) is 22.9 Å². The first-order valence-corrected chi connectivity index (χ1v) is 12.4. The highest BCUT2D eigenvalue weighted by molar-refractivity contribution is 7.89. The van der Waals surface area contributed by atoms with Gasteiger partial charge in [0.15, 0.2) is 5.82 Å². The summed E-state index contributed by atoms with van der Waals surface area (Å²) < 4.78 is 40.1. The Morgan fingerprint density at radius 2 is 1.75 bits per heavy atom. The second-order valence-electron chi connectivity index (χ2n) is 7.02. The zero-order valence-electron chi connectivity index (χ0n) is 18.0. The summed E-state index contributed by atoms with van der Waals surface area (Å²) in [4.78, 5) is 6.65. The molecule has 0 saturated carbocycles. The lowest BCUT2D eigenvalue weighted by atomic mass is 10.2. The van der Waals surface area contributed by atoms with E-state index in [2.05, 4.69) is 14.8 Å². The lowest BCUT2D eigenvalue weighted by molar-refractivity contribution is 0.340. The first kappa shape index (κ1) is 22.3. The summed E-state index contributed by atoms with van der Waals surface area (Å²) in [6.45, 7) is 4.66. The summed E-state index contributed by atoms with van der Waals surface area (Å²) in [5.41, 5.74) is 1.86. The molecule has 0 unspecified atom stereocenters. The van der Waals surface area contributed by atoms with Crippen LogP contribution in [0.2, 0.25) is 0 Å². The van der Waals surface area contributed by atoms with Crippen LogP contribution >= 0.6 is 11.3 Å². The number of fused-ring (bicyclic) bond motifs is 1. The molecule has 8 nitrogen and oxygen atoms in total. The maximum absolute atomic E-state index is 12.6. The van der Waals surface area contributed by atoms with Crippen molar-refractivity contribution in [2.24, 2.45) is 0 Å². The van der Waals surface area contributed by atoms with Crippen LogP contribution in [-0.4, -0.2) is 43.3 Å². The minimum Gasteiger partial charge on any atom is -0.497 e. The van der Waals surface area contributed by atoms with Crippen LogP contribution < -0.4 is 14.2 Å². The average Bonchev–Trinajstić information content (AvgIpc) is 3.34. The van der Waals surface area contributed by atoms with Crippen molar-refractivity contribution in [2.75, 3.05) is 20.3 Å². The molecule has 2 aromatic carbocycles. The van der Waals surface area contributed by atoms with Crippen molar-refractivity contribution in [3.05, 3.63) is 59.1 Å². The number of aryl methyl sites for hydroxylation is 1. The number of benzene rings is 2. The summed E-state index contributed by atoms with van der Waals surface area (Å²) in [5.74, 6) is 2.07. The topological polar surface area (TPSA) is 94.8 Å². The van der Waals surface area contributed by atoms with Gasteiger partial charge in [-0.1, -0.05) is 11.3 Å². The fourth-order valence-corrected chi connectivity index (χ4v) is 5.33. The van der Waals surface area contributed by atoms with Crippen LogP contribution in [0.1, 0.15) is 17.5 Å². The van der Waals surface area contributed by atoms with E-state index >= 15 is 0 Å². The Hall–Kier alpha value is -2.95. The Balaban J connectivity index is 1.43. The Labute approximate surface area is 190 Å². The summed E-state index contributed by atoms with van der Waals surface area (Å²) in [6.07, 6.45) is 0.551. The molecule has 1 N–H and O–H groups in total. The van der Waals surface area contributed by atoms with E-state index in [1.807, 2.05) is 38.1 Å². The number of hydrogen-bond acceptors (Lipinski definition) is 7. The number of nitrogens with zero attached hydrogens (tertiary/aromatic N) is 3. The number of ether oxygens (including phenoxy) is 2. The van der Waals surface area contributed by atoms with Crippen LogP contribution in [-0.2, 0) is 16.4 Å². The van der Waals surface area contributed by atoms with Crippen molar-refractivity contribution < 1.29 is 17.9 Å². The average molecular weight is 473 g/mol. The molecule has 32 heavy (non-hydrogen) atoms. The van der Waals surface area contributed by atoms with Gasteiger partial charge in [0.25, 0.3) is 0 Å². The molecule has 0 atom stereocenters. The molecule has 0 radical (unpaired) electrons. The number of thiazole rings is 1. The fraction of sp³-hybridized carbons (Fsp3) is 0.273. The number of nitrogens with one attached hydrogen (secondary N) is 1. The van der Waals surface area contributed by atoms with Gasteiger partial charge in [0.2, 0.25) is 15.0 Å². The third-order valence-corrected chi connectivity index (χ3v) is 7.62. The Morgan fingerprint density at radius 1 is 1.06 bits per heavy atom. The number of aromatic nitrogens is 3. The van der Waals surface area contributed by atoms with Gasteiger partial charge in [-0.3, -0.25) is 0 Å². The summed E-state index contributed by atoms with van der Waals surface area (Å²) >= 11 is 1.51. The minimum atomic E-state index is -3.59. The smallest absolute Gasteiger partial charge is 0.240 e. The monoisotopic (exact) mass is 472 g/mol. The Morgan fingerprint density at radius 3 is 2.38 bits per heavy atom. The van der Waals surface area contributed by atoms with Crippen LogP contribution in [0.4, 0.5) is 0 Å². The minimum absolute atomic E-state index is 0.212. The maximum atomic E-state index is 12.6. The Bertz CT molecular complexity index is 1310. The highest BCUT2D eigenvalue weighted by atomic mass is 32.2. The quantitative estimate of drug-likeness (QED) is 0.399. The van der Waals surface area contributed by atoms with E-state index in [9.17, 15) is 8.42 Å². The lowest BCUT2D eigenvalue weighted by Crippen LogP contribution is -2.26. The number of hydrogen-bond donors (Lipinski definition) is 1. The first-order chi connectivity index (χ1) is 15.4. The molecule has 0 aliphatic heterocycles. The molecule has 2 heterocycles. The van der Waals surface area contributed by atoms with E-state index in [4.69, 9.17) is 9.47 Å². The first-order valence-electron chi connectivity index (χ1n) is 10.1. The van der Waals surface area contributed by atoms with Crippen molar-refractivity contribution in [1.82, 2.24) is 19.3 Å². The summed E-state index contributed by atoms with van der Waals surface area (Å²) in [6, 6.07) is 14.0. The molecule has 168 valence electrons. The summed E-state index contributed by atoms with van der Waals surface area (Å²) in [5, 5.41) is 4.61. The lowest BCUT2D eigenvalue weighted by Gasteiger charge is -2.08. The van der Waals surface area contributed by atoms with E-state index in [0.717, 1.165) is 26.8 Å². The Kier molecular flexibility index (Phi) is 6.45. The van der Waals surface area contributed by atoms with Gasteiger partial charge in [-0.2, -0.15) is 4.98 Å².